The van der Waals surface area contributed by atoms with E-state index in [-0.39, 0.29) is 23.3 Å². The van der Waals surface area contributed by atoms with Crippen molar-refractivity contribution in [2.24, 2.45) is 0 Å². The molecule has 0 bridgehead atoms. The number of nitrogens with one attached hydrogen (secondary N) is 1. The lowest BCUT2D eigenvalue weighted by Gasteiger charge is -2.32. The molecule has 0 atom stereocenters. The topological polar surface area (TPSA) is 132 Å². The number of carbonyl (C=O) groups is 1. The van der Waals surface area contributed by atoms with Crippen LogP contribution in [0.5, 0.6) is 0 Å². The quantitative estimate of drug-likeness (QED) is 0.265. The third kappa shape index (κ3) is 5.74. The SMILES string of the molecule is CC(=O)Nc1ccc(-c2nc(N3CCOCC3)c3cnn(C4CCN(Cc5ccccc5)CC4)c3n2)cc1[N+](=O)[O-]. The number of anilines is 2. The zero-order chi connectivity index (χ0) is 28.3. The van der Waals surface area contributed by atoms with Crippen LogP contribution in [-0.2, 0) is 16.1 Å². The molecule has 2 aliphatic rings. The first-order chi connectivity index (χ1) is 20.0. The van der Waals surface area contributed by atoms with Gasteiger partial charge in [0.25, 0.3) is 5.69 Å². The highest BCUT2D eigenvalue weighted by Crippen LogP contribution is 2.34. The minimum atomic E-state index is -0.510. The fourth-order valence-corrected chi connectivity index (χ4v) is 5.60. The van der Waals surface area contributed by atoms with E-state index in [0.29, 0.717) is 43.3 Å². The second-order valence-electron chi connectivity index (χ2n) is 10.5. The Morgan fingerprint density at radius 1 is 1.07 bits per heavy atom. The number of amides is 1. The molecule has 12 nitrogen and oxygen atoms in total. The largest absolute Gasteiger partial charge is 0.378 e. The number of nitrogens with zero attached hydrogens (tertiary/aromatic N) is 7. The van der Waals surface area contributed by atoms with Crippen LogP contribution >= 0.6 is 0 Å². The number of fused-ring (bicyclic) bond motifs is 1. The molecule has 0 saturated carbocycles. The molecule has 6 rings (SSSR count). The Labute approximate surface area is 237 Å². The highest BCUT2D eigenvalue weighted by Gasteiger charge is 2.27. The highest BCUT2D eigenvalue weighted by molar-refractivity contribution is 5.92. The minimum Gasteiger partial charge on any atom is -0.378 e. The smallest absolute Gasteiger partial charge is 0.293 e. The Bertz CT molecular complexity index is 1560. The number of carbonyl (C=O) groups excluding carboxylic acids is 1. The highest BCUT2D eigenvalue weighted by atomic mass is 16.6. The van der Waals surface area contributed by atoms with Gasteiger partial charge >= 0.3 is 0 Å². The molecular formula is C29H32N8O4. The number of rotatable bonds is 7. The third-order valence-electron chi connectivity index (χ3n) is 7.66. The van der Waals surface area contributed by atoms with Crippen molar-refractivity contribution in [2.75, 3.05) is 49.6 Å². The lowest BCUT2D eigenvalue weighted by atomic mass is 10.0. The standard InChI is InChI=1S/C29H32N8O4/c1-20(38)31-25-8-7-22(17-26(25)37(39)40)27-32-28(35-13-15-41-16-14-35)24-18-30-36(29(24)33-27)23-9-11-34(12-10-23)19-21-5-3-2-4-6-21/h2-8,17-18,23H,9-16,19H2,1H3,(H,31,38). The van der Waals surface area contributed by atoms with E-state index in [1.54, 1.807) is 6.07 Å². The normalized spacial score (nSPS) is 16.7. The van der Waals surface area contributed by atoms with E-state index < -0.39 is 4.92 Å². The van der Waals surface area contributed by atoms with Gasteiger partial charge in [0.1, 0.15) is 11.5 Å². The Morgan fingerprint density at radius 2 is 1.83 bits per heavy atom. The van der Waals surface area contributed by atoms with Crippen molar-refractivity contribution in [3.05, 3.63) is 70.4 Å². The molecule has 2 fully saturated rings. The van der Waals surface area contributed by atoms with E-state index in [1.165, 1.54) is 24.6 Å². The predicted octanol–water partition coefficient (Wildman–Crippen LogP) is 4.03. The maximum absolute atomic E-state index is 11.8. The van der Waals surface area contributed by atoms with Gasteiger partial charge in [-0.05, 0) is 30.5 Å². The second kappa shape index (κ2) is 11.6. The van der Waals surface area contributed by atoms with Crippen LogP contribution in [0.25, 0.3) is 22.4 Å². The molecule has 0 aliphatic carbocycles. The van der Waals surface area contributed by atoms with Gasteiger partial charge in [-0.3, -0.25) is 19.8 Å². The maximum Gasteiger partial charge on any atom is 0.293 e. The first kappa shape index (κ1) is 26.8. The van der Waals surface area contributed by atoms with Crippen LogP contribution < -0.4 is 10.2 Å². The Hall–Kier alpha value is -4.42. The van der Waals surface area contributed by atoms with E-state index in [0.717, 1.165) is 43.7 Å². The lowest BCUT2D eigenvalue weighted by Crippen LogP contribution is -2.37. The van der Waals surface area contributed by atoms with Gasteiger partial charge in [-0.25, -0.2) is 14.6 Å². The van der Waals surface area contributed by atoms with Crippen molar-refractivity contribution in [3.63, 3.8) is 0 Å². The summed E-state index contributed by atoms with van der Waals surface area (Å²) >= 11 is 0. The van der Waals surface area contributed by atoms with E-state index in [9.17, 15) is 14.9 Å². The number of nitro groups is 1. The van der Waals surface area contributed by atoms with Crippen LogP contribution in [0.4, 0.5) is 17.2 Å². The average Bonchev–Trinajstić information content (AvgIpc) is 3.42. The Morgan fingerprint density at radius 3 is 2.54 bits per heavy atom. The lowest BCUT2D eigenvalue weighted by molar-refractivity contribution is -0.383. The van der Waals surface area contributed by atoms with E-state index in [4.69, 9.17) is 19.8 Å². The van der Waals surface area contributed by atoms with Gasteiger partial charge in [-0.1, -0.05) is 30.3 Å². The molecule has 41 heavy (non-hydrogen) atoms. The van der Waals surface area contributed by atoms with Crippen molar-refractivity contribution in [1.82, 2.24) is 24.6 Å². The van der Waals surface area contributed by atoms with Crippen molar-refractivity contribution < 1.29 is 14.5 Å². The molecule has 2 aromatic carbocycles. The van der Waals surface area contributed by atoms with Gasteiger partial charge in [-0.2, -0.15) is 5.10 Å². The first-order valence-electron chi connectivity index (χ1n) is 13.9. The molecule has 2 saturated heterocycles. The van der Waals surface area contributed by atoms with Crippen LogP contribution in [0.3, 0.4) is 0 Å². The van der Waals surface area contributed by atoms with Crippen LogP contribution in [0.1, 0.15) is 31.4 Å². The summed E-state index contributed by atoms with van der Waals surface area (Å²) in [7, 11) is 0. The zero-order valence-corrected chi connectivity index (χ0v) is 22.9. The van der Waals surface area contributed by atoms with Crippen LogP contribution in [0.2, 0.25) is 0 Å². The van der Waals surface area contributed by atoms with Crippen molar-refractivity contribution in [3.8, 4) is 11.4 Å². The molecule has 0 radical (unpaired) electrons. The van der Waals surface area contributed by atoms with Gasteiger partial charge < -0.3 is 15.0 Å². The number of ether oxygens (including phenoxy) is 1. The molecule has 0 spiro atoms. The molecule has 1 amide bonds. The molecule has 0 unspecified atom stereocenters. The first-order valence-corrected chi connectivity index (χ1v) is 13.9. The van der Waals surface area contributed by atoms with E-state index >= 15 is 0 Å². The number of hydrogen-bond acceptors (Lipinski definition) is 9. The molecule has 2 aromatic heterocycles. The van der Waals surface area contributed by atoms with E-state index in [2.05, 4.69) is 39.4 Å². The molecule has 4 aromatic rings. The van der Waals surface area contributed by atoms with Gasteiger partial charge in [0.05, 0.1) is 35.8 Å². The summed E-state index contributed by atoms with van der Waals surface area (Å²) in [5.41, 5.74) is 2.43. The molecule has 12 heteroatoms. The molecular weight excluding hydrogens is 524 g/mol. The number of piperidine rings is 1. The predicted molar refractivity (Wildman–Crippen MR) is 155 cm³/mol. The number of benzene rings is 2. The van der Waals surface area contributed by atoms with Crippen molar-refractivity contribution in [1.29, 1.82) is 0 Å². The summed E-state index contributed by atoms with van der Waals surface area (Å²) < 4.78 is 7.57. The molecule has 2 aliphatic heterocycles. The third-order valence-corrected chi connectivity index (χ3v) is 7.66. The number of morpholine rings is 1. The zero-order valence-electron chi connectivity index (χ0n) is 22.9. The maximum atomic E-state index is 11.8. The molecule has 4 heterocycles. The number of hydrogen-bond donors (Lipinski definition) is 1. The van der Waals surface area contributed by atoms with Crippen molar-refractivity contribution in [2.45, 2.75) is 32.4 Å². The number of likely N-dealkylation sites (tertiary alicyclic amines) is 1. The van der Waals surface area contributed by atoms with Gasteiger partial charge in [0.2, 0.25) is 5.91 Å². The molecule has 1 N–H and O–H groups in total. The summed E-state index contributed by atoms with van der Waals surface area (Å²) in [5.74, 6) is 0.737. The van der Waals surface area contributed by atoms with Crippen LogP contribution in [-0.4, -0.2) is 74.9 Å². The summed E-state index contributed by atoms with van der Waals surface area (Å²) in [6.45, 7) is 6.67. The average molecular weight is 557 g/mol. The molecule has 212 valence electrons. The van der Waals surface area contributed by atoms with E-state index in [1.807, 2.05) is 16.9 Å². The summed E-state index contributed by atoms with van der Waals surface area (Å²) in [6, 6.07) is 15.3. The summed E-state index contributed by atoms with van der Waals surface area (Å²) in [6.07, 6.45) is 3.71. The van der Waals surface area contributed by atoms with Gasteiger partial charge in [-0.15, -0.1) is 0 Å². The second-order valence-corrected chi connectivity index (χ2v) is 10.5. The fourth-order valence-electron chi connectivity index (χ4n) is 5.60. The Kier molecular flexibility index (Phi) is 7.57. The number of nitro benzene ring substituents is 1. The minimum absolute atomic E-state index is 0.132. The fraction of sp³-hybridized carbons (Fsp3) is 0.379. The van der Waals surface area contributed by atoms with Crippen molar-refractivity contribution >= 4 is 34.1 Å². The monoisotopic (exact) mass is 556 g/mol. The van der Waals surface area contributed by atoms with Gasteiger partial charge in [0.15, 0.2) is 11.5 Å². The Balaban J connectivity index is 1.35. The summed E-state index contributed by atoms with van der Waals surface area (Å²) in [5, 5.41) is 20.0. The van der Waals surface area contributed by atoms with Gasteiger partial charge in [0, 0.05) is 51.3 Å². The van der Waals surface area contributed by atoms with Crippen LogP contribution in [0.15, 0.2) is 54.7 Å². The summed E-state index contributed by atoms with van der Waals surface area (Å²) in [4.78, 5) is 37.4. The number of aromatic nitrogens is 4. The van der Waals surface area contributed by atoms with Crippen LogP contribution in [0, 0.1) is 10.1 Å².